The number of nitrogens with zero attached hydrogens (tertiary/aromatic N) is 1. The maximum Gasteiger partial charge on any atom is 0.225 e. The van der Waals surface area contributed by atoms with Gasteiger partial charge in [-0.1, -0.05) is 6.42 Å². The lowest BCUT2D eigenvalue weighted by molar-refractivity contribution is -0.140. The molecule has 2 saturated carbocycles. The highest BCUT2D eigenvalue weighted by atomic mass is 16.3. The number of amides is 2. The second kappa shape index (κ2) is 6.61. The Bertz CT molecular complexity index is 590. The standard InChI is InChI=1S/C19H26N2O3/c22-18(20-12-16-2-1-9-24-16)14-5-7-21(8-6-14)19(23)17-11-13-3-4-15(17)10-13/h1-2,9,13-15,17H,3-8,10-12H2,(H,20,22). The van der Waals surface area contributed by atoms with Gasteiger partial charge in [-0.25, -0.2) is 0 Å². The summed E-state index contributed by atoms with van der Waals surface area (Å²) in [5.41, 5.74) is 0. The number of hydrogen-bond acceptors (Lipinski definition) is 3. The van der Waals surface area contributed by atoms with Crippen LogP contribution in [-0.4, -0.2) is 29.8 Å². The van der Waals surface area contributed by atoms with Crippen molar-refractivity contribution in [1.29, 1.82) is 0 Å². The van der Waals surface area contributed by atoms with E-state index in [0.717, 1.165) is 44.0 Å². The topological polar surface area (TPSA) is 62.6 Å². The minimum Gasteiger partial charge on any atom is -0.467 e. The van der Waals surface area contributed by atoms with Crippen molar-refractivity contribution >= 4 is 11.8 Å². The van der Waals surface area contributed by atoms with Crippen molar-refractivity contribution < 1.29 is 14.0 Å². The minimum absolute atomic E-state index is 0.0176. The van der Waals surface area contributed by atoms with Gasteiger partial charge in [-0.15, -0.1) is 0 Å². The van der Waals surface area contributed by atoms with Crippen molar-refractivity contribution in [1.82, 2.24) is 10.2 Å². The molecule has 5 heteroatoms. The summed E-state index contributed by atoms with van der Waals surface area (Å²) >= 11 is 0. The van der Waals surface area contributed by atoms with Crippen molar-refractivity contribution in [2.75, 3.05) is 13.1 Å². The van der Waals surface area contributed by atoms with Crippen LogP contribution >= 0.6 is 0 Å². The lowest BCUT2D eigenvalue weighted by Crippen LogP contribution is -2.45. The molecule has 1 aliphatic heterocycles. The maximum absolute atomic E-state index is 12.8. The van der Waals surface area contributed by atoms with Gasteiger partial charge in [0.25, 0.3) is 0 Å². The van der Waals surface area contributed by atoms with Gasteiger partial charge in [0.15, 0.2) is 0 Å². The molecule has 130 valence electrons. The van der Waals surface area contributed by atoms with Crippen LogP contribution in [0.3, 0.4) is 0 Å². The maximum atomic E-state index is 12.8. The third-order valence-electron chi connectivity index (χ3n) is 6.25. The predicted octanol–water partition coefficient (Wildman–Crippen LogP) is 2.57. The quantitative estimate of drug-likeness (QED) is 0.923. The Morgan fingerprint density at radius 2 is 2.00 bits per heavy atom. The van der Waals surface area contributed by atoms with E-state index in [1.807, 2.05) is 17.0 Å². The van der Waals surface area contributed by atoms with E-state index in [2.05, 4.69) is 5.32 Å². The number of carbonyl (C=O) groups excluding carboxylic acids is 2. The van der Waals surface area contributed by atoms with Gasteiger partial charge >= 0.3 is 0 Å². The average molecular weight is 330 g/mol. The third kappa shape index (κ3) is 3.08. The summed E-state index contributed by atoms with van der Waals surface area (Å²) in [6.45, 7) is 1.90. The Morgan fingerprint density at radius 3 is 2.62 bits per heavy atom. The van der Waals surface area contributed by atoms with Crippen LogP contribution in [0.15, 0.2) is 22.8 Å². The molecular formula is C19H26N2O3. The lowest BCUT2D eigenvalue weighted by atomic mass is 9.86. The molecule has 3 unspecified atom stereocenters. The molecule has 1 N–H and O–H groups in total. The molecule has 3 fully saturated rings. The van der Waals surface area contributed by atoms with Gasteiger partial charge < -0.3 is 14.6 Å². The Kier molecular flexibility index (Phi) is 4.33. The van der Waals surface area contributed by atoms with Gasteiger partial charge in [0.1, 0.15) is 5.76 Å². The van der Waals surface area contributed by atoms with E-state index in [4.69, 9.17) is 4.42 Å². The van der Waals surface area contributed by atoms with E-state index in [9.17, 15) is 9.59 Å². The zero-order valence-electron chi connectivity index (χ0n) is 14.1. The first-order valence-corrected chi connectivity index (χ1v) is 9.29. The molecule has 2 heterocycles. The summed E-state index contributed by atoms with van der Waals surface area (Å²) in [6, 6.07) is 3.68. The Morgan fingerprint density at radius 1 is 1.17 bits per heavy atom. The third-order valence-corrected chi connectivity index (χ3v) is 6.25. The normalized spacial score (nSPS) is 29.8. The summed E-state index contributed by atoms with van der Waals surface area (Å²) in [5.74, 6) is 2.94. The van der Waals surface area contributed by atoms with Gasteiger partial charge in [-0.2, -0.15) is 0 Å². The zero-order valence-corrected chi connectivity index (χ0v) is 14.1. The second-order valence-corrected chi connectivity index (χ2v) is 7.68. The molecule has 0 aromatic carbocycles. The Labute approximate surface area is 142 Å². The second-order valence-electron chi connectivity index (χ2n) is 7.68. The first-order chi connectivity index (χ1) is 11.7. The van der Waals surface area contributed by atoms with Crippen molar-refractivity contribution in [3.8, 4) is 0 Å². The van der Waals surface area contributed by atoms with Crippen LogP contribution in [0, 0.1) is 23.7 Å². The van der Waals surface area contributed by atoms with Gasteiger partial charge in [-0.05, 0) is 56.1 Å². The number of carbonyl (C=O) groups is 2. The fourth-order valence-electron chi connectivity index (χ4n) is 4.88. The van der Waals surface area contributed by atoms with Gasteiger partial charge in [0, 0.05) is 24.9 Å². The monoisotopic (exact) mass is 330 g/mol. The number of likely N-dealkylation sites (tertiary alicyclic amines) is 1. The van der Waals surface area contributed by atoms with Crippen LogP contribution in [0.1, 0.15) is 44.3 Å². The van der Waals surface area contributed by atoms with Crippen LogP contribution < -0.4 is 5.32 Å². The highest BCUT2D eigenvalue weighted by Gasteiger charge is 2.44. The molecule has 1 saturated heterocycles. The number of piperidine rings is 1. The first kappa shape index (κ1) is 15.7. The molecule has 5 nitrogen and oxygen atoms in total. The van der Waals surface area contributed by atoms with Crippen LogP contribution in [0.4, 0.5) is 0 Å². The summed E-state index contributed by atoms with van der Waals surface area (Å²) in [7, 11) is 0. The molecular weight excluding hydrogens is 304 g/mol. The first-order valence-electron chi connectivity index (χ1n) is 9.29. The highest BCUT2D eigenvalue weighted by Crippen LogP contribution is 2.49. The molecule has 3 aliphatic rings. The number of rotatable bonds is 4. The number of nitrogens with one attached hydrogen (secondary N) is 1. The highest BCUT2D eigenvalue weighted by molar-refractivity contribution is 5.81. The van der Waals surface area contributed by atoms with Crippen LogP contribution in [0.2, 0.25) is 0 Å². The number of furan rings is 1. The number of hydrogen-bond donors (Lipinski definition) is 1. The molecule has 24 heavy (non-hydrogen) atoms. The summed E-state index contributed by atoms with van der Waals surface area (Å²) in [6.07, 6.45) is 8.10. The lowest BCUT2D eigenvalue weighted by Gasteiger charge is -2.34. The van der Waals surface area contributed by atoms with Crippen molar-refractivity contribution in [3.63, 3.8) is 0 Å². The van der Waals surface area contributed by atoms with Crippen molar-refractivity contribution in [3.05, 3.63) is 24.2 Å². The average Bonchev–Trinajstić information content (AvgIpc) is 3.36. The Balaban J connectivity index is 1.24. The number of fused-ring (bicyclic) bond motifs is 2. The fourth-order valence-corrected chi connectivity index (χ4v) is 4.88. The van der Waals surface area contributed by atoms with Gasteiger partial charge in [-0.3, -0.25) is 9.59 Å². The molecule has 3 atom stereocenters. The van der Waals surface area contributed by atoms with Crippen LogP contribution in [0.25, 0.3) is 0 Å². The molecule has 4 rings (SSSR count). The van der Waals surface area contributed by atoms with E-state index in [-0.39, 0.29) is 17.7 Å². The van der Waals surface area contributed by atoms with Crippen LogP contribution in [0.5, 0.6) is 0 Å². The molecule has 1 aromatic heterocycles. The zero-order chi connectivity index (χ0) is 16.5. The minimum atomic E-state index is 0.0176. The van der Waals surface area contributed by atoms with Gasteiger partial charge in [0.2, 0.25) is 11.8 Å². The molecule has 2 bridgehead atoms. The summed E-state index contributed by atoms with van der Waals surface area (Å²) in [5, 5.41) is 2.94. The molecule has 0 spiro atoms. The van der Waals surface area contributed by atoms with E-state index in [1.165, 1.54) is 19.3 Å². The largest absolute Gasteiger partial charge is 0.467 e. The van der Waals surface area contributed by atoms with Gasteiger partial charge in [0.05, 0.1) is 12.8 Å². The van der Waals surface area contributed by atoms with Crippen molar-refractivity contribution in [2.45, 2.75) is 45.1 Å². The smallest absolute Gasteiger partial charge is 0.225 e. The molecule has 2 amide bonds. The predicted molar refractivity (Wildman–Crippen MR) is 88.8 cm³/mol. The van der Waals surface area contributed by atoms with E-state index >= 15 is 0 Å². The van der Waals surface area contributed by atoms with E-state index in [1.54, 1.807) is 6.26 Å². The molecule has 1 aromatic rings. The summed E-state index contributed by atoms with van der Waals surface area (Å²) < 4.78 is 5.23. The van der Waals surface area contributed by atoms with E-state index in [0.29, 0.717) is 18.4 Å². The van der Waals surface area contributed by atoms with E-state index < -0.39 is 0 Å². The molecule has 2 aliphatic carbocycles. The van der Waals surface area contributed by atoms with Crippen LogP contribution in [-0.2, 0) is 16.1 Å². The SMILES string of the molecule is O=C(NCc1ccco1)C1CCN(C(=O)C2CC3CCC2C3)CC1. The Hall–Kier alpha value is -1.78. The summed E-state index contributed by atoms with van der Waals surface area (Å²) in [4.78, 5) is 27.1. The molecule has 0 radical (unpaired) electrons. The van der Waals surface area contributed by atoms with Crippen molar-refractivity contribution in [2.24, 2.45) is 23.7 Å². The fraction of sp³-hybridized carbons (Fsp3) is 0.684.